The summed E-state index contributed by atoms with van der Waals surface area (Å²) in [6, 6.07) is 5.11. The lowest BCUT2D eigenvalue weighted by Gasteiger charge is -2.16. The van der Waals surface area contributed by atoms with Gasteiger partial charge in [0.25, 0.3) is 5.91 Å². The molecule has 1 aliphatic heterocycles. The average Bonchev–Trinajstić information content (AvgIpc) is 3.05. The van der Waals surface area contributed by atoms with Gasteiger partial charge in [0, 0.05) is 35.8 Å². The first kappa shape index (κ1) is 13.8. The van der Waals surface area contributed by atoms with E-state index in [1.807, 2.05) is 6.07 Å². The number of carbonyl (C=O) groups excluding carboxylic acids is 1. The molecule has 21 heavy (non-hydrogen) atoms. The van der Waals surface area contributed by atoms with E-state index < -0.39 is 6.09 Å². The molecule has 1 saturated heterocycles. The second-order valence-electron chi connectivity index (χ2n) is 5.08. The Hall–Kier alpha value is -2.21. The molecule has 0 bridgehead atoms. The number of carboxylic acid groups (broad SMARTS) is 1. The van der Waals surface area contributed by atoms with Crippen LogP contribution in [0, 0.1) is 0 Å². The summed E-state index contributed by atoms with van der Waals surface area (Å²) in [5.74, 6) is -0.0997. The van der Waals surface area contributed by atoms with Gasteiger partial charge in [-0.15, -0.1) is 0 Å². The molecule has 1 fully saturated rings. The van der Waals surface area contributed by atoms with Crippen molar-refractivity contribution in [3.63, 3.8) is 0 Å². The van der Waals surface area contributed by atoms with Crippen LogP contribution in [-0.4, -0.2) is 46.1 Å². The minimum absolute atomic E-state index is 0.0997. The van der Waals surface area contributed by atoms with Crippen LogP contribution >= 0.6 is 11.6 Å². The van der Waals surface area contributed by atoms with Crippen LogP contribution in [0.4, 0.5) is 4.79 Å². The van der Waals surface area contributed by atoms with Gasteiger partial charge in [0.05, 0.1) is 11.1 Å². The van der Waals surface area contributed by atoms with Crippen LogP contribution in [0.15, 0.2) is 24.4 Å². The molecule has 3 N–H and O–H groups in total. The molecule has 7 heteroatoms. The van der Waals surface area contributed by atoms with Gasteiger partial charge in [-0.1, -0.05) is 17.7 Å². The lowest BCUT2D eigenvalue weighted by atomic mass is 10.1. The Balaban J connectivity index is 1.76. The number of hydrogen-bond acceptors (Lipinski definition) is 2. The largest absolute Gasteiger partial charge is 0.465 e. The number of H-pyrrole nitrogens is 1. The van der Waals surface area contributed by atoms with Gasteiger partial charge in [-0.25, -0.2) is 4.79 Å². The van der Waals surface area contributed by atoms with Gasteiger partial charge in [0.1, 0.15) is 0 Å². The van der Waals surface area contributed by atoms with E-state index in [-0.39, 0.29) is 11.9 Å². The van der Waals surface area contributed by atoms with Gasteiger partial charge in [0.2, 0.25) is 0 Å². The predicted octanol–water partition coefficient (Wildman–Crippen LogP) is 2.30. The highest BCUT2D eigenvalue weighted by Crippen LogP contribution is 2.24. The molecule has 1 unspecified atom stereocenters. The maximum absolute atomic E-state index is 12.4. The number of likely N-dealkylation sites (tertiary alicyclic amines) is 1. The van der Waals surface area contributed by atoms with Crippen molar-refractivity contribution in [3.8, 4) is 0 Å². The molecule has 1 aromatic carbocycles. The Morgan fingerprint density at radius 2 is 2.24 bits per heavy atom. The molecule has 2 heterocycles. The van der Waals surface area contributed by atoms with Crippen LogP contribution in [0.5, 0.6) is 0 Å². The summed E-state index contributed by atoms with van der Waals surface area (Å²) in [5, 5.41) is 12.6. The predicted molar refractivity (Wildman–Crippen MR) is 78.8 cm³/mol. The Bertz CT molecular complexity index is 713. The van der Waals surface area contributed by atoms with E-state index in [2.05, 4.69) is 10.3 Å². The Morgan fingerprint density at radius 3 is 3.00 bits per heavy atom. The number of benzene rings is 1. The van der Waals surface area contributed by atoms with Crippen LogP contribution in [0.2, 0.25) is 5.02 Å². The van der Waals surface area contributed by atoms with Crippen molar-refractivity contribution in [1.29, 1.82) is 0 Å². The molecule has 0 aliphatic carbocycles. The van der Waals surface area contributed by atoms with Crippen molar-refractivity contribution in [2.75, 3.05) is 13.1 Å². The quantitative estimate of drug-likeness (QED) is 0.796. The van der Waals surface area contributed by atoms with Gasteiger partial charge in [0.15, 0.2) is 0 Å². The number of halogens is 1. The van der Waals surface area contributed by atoms with Crippen LogP contribution in [0.25, 0.3) is 10.9 Å². The number of aromatic amines is 1. The van der Waals surface area contributed by atoms with E-state index >= 15 is 0 Å². The van der Waals surface area contributed by atoms with Gasteiger partial charge >= 0.3 is 6.09 Å². The fourth-order valence-corrected chi connectivity index (χ4v) is 2.86. The standard InChI is InChI=1S/C14H14ClN3O3/c15-11-6-16-12-5-8(1-2-10(11)12)13(19)18-4-3-9(7-18)17-14(20)21/h1-2,5-6,9,16-17H,3-4,7H2,(H,20,21). The van der Waals surface area contributed by atoms with E-state index in [0.717, 1.165) is 10.9 Å². The second kappa shape index (κ2) is 5.29. The molecule has 1 aromatic heterocycles. The Labute approximate surface area is 125 Å². The fraction of sp³-hybridized carbons (Fsp3) is 0.286. The van der Waals surface area contributed by atoms with Gasteiger partial charge in [-0.2, -0.15) is 0 Å². The molecule has 2 amide bonds. The fourth-order valence-electron chi connectivity index (χ4n) is 2.64. The zero-order valence-electron chi connectivity index (χ0n) is 11.1. The molecule has 3 rings (SSSR count). The second-order valence-corrected chi connectivity index (χ2v) is 5.49. The molecule has 2 aromatic rings. The summed E-state index contributed by atoms with van der Waals surface area (Å²) >= 11 is 6.01. The molecule has 110 valence electrons. The highest BCUT2D eigenvalue weighted by atomic mass is 35.5. The summed E-state index contributed by atoms with van der Waals surface area (Å²) in [6.07, 6.45) is 1.26. The minimum atomic E-state index is -1.06. The van der Waals surface area contributed by atoms with Crippen molar-refractivity contribution < 1.29 is 14.7 Å². The Morgan fingerprint density at radius 1 is 1.43 bits per heavy atom. The third-order valence-corrected chi connectivity index (χ3v) is 3.99. The smallest absolute Gasteiger partial charge is 0.404 e. The topological polar surface area (TPSA) is 85.4 Å². The zero-order chi connectivity index (χ0) is 15.0. The zero-order valence-corrected chi connectivity index (χ0v) is 11.9. The van der Waals surface area contributed by atoms with Gasteiger partial charge in [-0.3, -0.25) is 4.79 Å². The third kappa shape index (κ3) is 2.67. The molecule has 6 nitrogen and oxygen atoms in total. The van der Waals surface area contributed by atoms with Crippen molar-refractivity contribution in [1.82, 2.24) is 15.2 Å². The number of nitrogens with one attached hydrogen (secondary N) is 2. The highest BCUT2D eigenvalue weighted by molar-refractivity contribution is 6.35. The molecule has 0 radical (unpaired) electrons. The first-order valence-electron chi connectivity index (χ1n) is 6.60. The van der Waals surface area contributed by atoms with Crippen molar-refractivity contribution in [3.05, 3.63) is 35.0 Å². The monoisotopic (exact) mass is 307 g/mol. The molecule has 1 atom stereocenters. The van der Waals surface area contributed by atoms with Crippen LogP contribution in [-0.2, 0) is 0 Å². The average molecular weight is 308 g/mol. The summed E-state index contributed by atoms with van der Waals surface area (Å²) in [5.41, 5.74) is 1.38. The maximum Gasteiger partial charge on any atom is 0.404 e. The van der Waals surface area contributed by atoms with E-state index in [4.69, 9.17) is 16.7 Å². The van der Waals surface area contributed by atoms with Crippen molar-refractivity contribution in [2.24, 2.45) is 0 Å². The highest BCUT2D eigenvalue weighted by Gasteiger charge is 2.28. The number of hydrogen-bond donors (Lipinski definition) is 3. The van der Waals surface area contributed by atoms with E-state index in [1.54, 1.807) is 23.2 Å². The minimum Gasteiger partial charge on any atom is -0.465 e. The number of aromatic nitrogens is 1. The summed E-state index contributed by atoms with van der Waals surface area (Å²) in [4.78, 5) is 27.7. The van der Waals surface area contributed by atoms with Crippen molar-refractivity contribution in [2.45, 2.75) is 12.5 Å². The number of carbonyl (C=O) groups is 2. The van der Waals surface area contributed by atoms with Crippen LogP contribution in [0.1, 0.15) is 16.8 Å². The number of amides is 2. The van der Waals surface area contributed by atoms with E-state index in [9.17, 15) is 9.59 Å². The van der Waals surface area contributed by atoms with Gasteiger partial charge < -0.3 is 20.3 Å². The lowest BCUT2D eigenvalue weighted by molar-refractivity contribution is 0.0788. The SMILES string of the molecule is O=C(O)NC1CCN(C(=O)c2ccc3c(Cl)c[nH]c3c2)C1. The summed E-state index contributed by atoms with van der Waals surface area (Å²) in [7, 11) is 0. The first-order valence-corrected chi connectivity index (χ1v) is 6.98. The number of fused-ring (bicyclic) bond motifs is 1. The number of nitrogens with zero attached hydrogens (tertiary/aromatic N) is 1. The normalized spacial score (nSPS) is 18.1. The number of rotatable bonds is 2. The molecule has 0 spiro atoms. The van der Waals surface area contributed by atoms with Crippen LogP contribution < -0.4 is 5.32 Å². The molecule has 0 saturated carbocycles. The molecular weight excluding hydrogens is 294 g/mol. The maximum atomic E-state index is 12.4. The van der Waals surface area contributed by atoms with Crippen molar-refractivity contribution >= 4 is 34.5 Å². The van der Waals surface area contributed by atoms with Gasteiger partial charge in [-0.05, 0) is 18.6 Å². The van der Waals surface area contributed by atoms with E-state index in [1.165, 1.54) is 0 Å². The first-order chi connectivity index (χ1) is 10.0. The molecular formula is C14H14ClN3O3. The third-order valence-electron chi connectivity index (χ3n) is 3.68. The summed E-state index contributed by atoms with van der Waals surface area (Å²) in [6.45, 7) is 0.946. The lowest BCUT2D eigenvalue weighted by Crippen LogP contribution is -2.37. The summed E-state index contributed by atoms with van der Waals surface area (Å²) < 4.78 is 0. The van der Waals surface area contributed by atoms with Crippen LogP contribution in [0.3, 0.4) is 0 Å². The molecule has 1 aliphatic rings. The van der Waals surface area contributed by atoms with E-state index in [0.29, 0.717) is 30.1 Å². The Kier molecular flexibility index (Phi) is 3.47.